The first-order chi connectivity index (χ1) is 12.9. The molecule has 0 saturated heterocycles. The summed E-state index contributed by atoms with van der Waals surface area (Å²) in [7, 11) is 0. The van der Waals surface area contributed by atoms with Gasteiger partial charge in [-0.1, -0.05) is 18.2 Å². The van der Waals surface area contributed by atoms with Crippen LogP contribution in [0, 0.1) is 6.92 Å². The van der Waals surface area contributed by atoms with E-state index >= 15 is 0 Å². The molecule has 0 bridgehead atoms. The molecular weight excluding hydrogens is 357 g/mol. The summed E-state index contributed by atoms with van der Waals surface area (Å²) >= 11 is 0. The van der Waals surface area contributed by atoms with E-state index in [0.717, 1.165) is 12.1 Å². The van der Waals surface area contributed by atoms with Gasteiger partial charge in [-0.3, -0.25) is 4.79 Å². The highest BCUT2D eigenvalue weighted by atomic mass is 19.4. The zero-order valence-corrected chi connectivity index (χ0v) is 14.5. The molecule has 0 atom stereocenters. The number of benzene rings is 1. The molecule has 1 amide bonds. The molecule has 0 spiro atoms. The first-order valence-corrected chi connectivity index (χ1v) is 8.26. The van der Waals surface area contributed by atoms with Gasteiger partial charge in [0.15, 0.2) is 5.82 Å². The summed E-state index contributed by atoms with van der Waals surface area (Å²) in [5.74, 6) is 0.320. The second-order valence-electron chi connectivity index (χ2n) is 5.94. The van der Waals surface area contributed by atoms with Gasteiger partial charge < -0.3 is 5.32 Å². The number of hydrogen-bond acceptors (Lipinski definition) is 3. The quantitative estimate of drug-likeness (QED) is 0.743. The zero-order chi connectivity index (χ0) is 19.4. The van der Waals surface area contributed by atoms with E-state index in [1.165, 1.54) is 18.3 Å². The lowest BCUT2D eigenvalue weighted by atomic mass is 10.1. The average molecular weight is 374 g/mol. The number of rotatable bonds is 5. The molecule has 0 saturated carbocycles. The third-order valence-corrected chi connectivity index (χ3v) is 4.10. The van der Waals surface area contributed by atoms with Crippen LogP contribution in [0.4, 0.5) is 13.2 Å². The Labute approximate surface area is 153 Å². The smallest absolute Gasteiger partial charge is 0.352 e. The largest absolute Gasteiger partial charge is 0.416 e. The summed E-state index contributed by atoms with van der Waals surface area (Å²) in [6, 6.07) is 10.3. The molecule has 8 heteroatoms. The summed E-state index contributed by atoms with van der Waals surface area (Å²) in [6.07, 6.45) is -0.812. The molecule has 1 N–H and O–H groups in total. The Balaban J connectivity index is 1.59. The Bertz CT molecular complexity index is 918. The number of amides is 1. The van der Waals surface area contributed by atoms with Crippen LogP contribution in [0.15, 0.2) is 54.9 Å². The van der Waals surface area contributed by atoms with Crippen LogP contribution in [-0.4, -0.2) is 27.2 Å². The summed E-state index contributed by atoms with van der Waals surface area (Å²) < 4.78 is 39.2. The Hall–Kier alpha value is -3.16. The highest BCUT2D eigenvalue weighted by Gasteiger charge is 2.29. The van der Waals surface area contributed by atoms with E-state index in [9.17, 15) is 18.0 Å². The molecular formula is C19H17F3N4O. The second-order valence-corrected chi connectivity index (χ2v) is 5.94. The van der Waals surface area contributed by atoms with Gasteiger partial charge in [0.1, 0.15) is 0 Å². The van der Waals surface area contributed by atoms with Crippen molar-refractivity contribution in [2.75, 3.05) is 6.54 Å². The normalized spacial score (nSPS) is 11.4. The standard InChI is InChI=1S/C19H17F3N4O/c1-13-16(12-25-26(13)17-4-2-3-10-23-17)18(27)24-11-9-14-5-7-15(8-6-14)19(20,21)22/h2-8,10,12H,9,11H2,1H3,(H,24,27). The Morgan fingerprint density at radius 3 is 2.52 bits per heavy atom. The molecule has 3 rings (SSSR count). The SMILES string of the molecule is Cc1c(C(=O)NCCc2ccc(C(F)(F)F)cc2)cnn1-c1ccccn1. The van der Waals surface area contributed by atoms with Crippen LogP contribution in [0.3, 0.4) is 0 Å². The fraction of sp³-hybridized carbons (Fsp3) is 0.211. The number of pyridine rings is 1. The molecule has 2 aromatic heterocycles. The van der Waals surface area contributed by atoms with Gasteiger partial charge in [0.25, 0.3) is 5.91 Å². The van der Waals surface area contributed by atoms with Crippen molar-refractivity contribution in [1.29, 1.82) is 0 Å². The minimum atomic E-state index is -4.35. The lowest BCUT2D eigenvalue weighted by Gasteiger charge is -2.08. The van der Waals surface area contributed by atoms with Crippen molar-refractivity contribution in [2.45, 2.75) is 19.5 Å². The van der Waals surface area contributed by atoms with Crippen LogP contribution in [0.25, 0.3) is 5.82 Å². The third kappa shape index (κ3) is 4.33. The van der Waals surface area contributed by atoms with Crippen molar-refractivity contribution >= 4 is 5.91 Å². The average Bonchev–Trinajstić information content (AvgIpc) is 3.03. The van der Waals surface area contributed by atoms with Crippen molar-refractivity contribution in [3.63, 3.8) is 0 Å². The maximum absolute atomic E-state index is 12.6. The van der Waals surface area contributed by atoms with Gasteiger partial charge in [0.2, 0.25) is 0 Å². The fourth-order valence-corrected chi connectivity index (χ4v) is 2.62. The van der Waals surface area contributed by atoms with Gasteiger partial charge in [-0.2, -0.15) is 18.3 Å². The van der Waals surface area contributed by atoms with Crippen LogP contribution in [0.5, 0.6) is 0 Å². The van der Waals surface area contributed by atoms with Gasteiger partial charge in [-0.05, 0) is 43.2 Å². The van der Waals surface area contributed by atoms with Crippen LogP contribution in [0.2, 0.25) is 0 Å². The Morgan fingerprint density at radius 1 is 1.15 bits per heavy atom. The summed E-state index contributed by atoms with van der Waals surface area (Å²) in [4.78, 5) is 16.5. The number of aromatic nitrogens is 3. The molecule has 27 heavy (non-hydrogen) atoms. The van der Waals surface area contributed by atoms with E-state index in [2.05, 4.69) is 15.4 Å². The minimum absolute atomic E-state index is 0.290. The van der Waals surface area contributed by atoms with Gasteiger partial charge in [0, 0.05) is 12.7 Å². The topological polar surface area (TPSA) is 59.8 Å². The van der Waals surface area contributed by atoms with E-state index in [1.807, 2.05) is 6.07 Å². The van der Waals surface area contributed by atoms with Gasteiger partial charge in [-0.25, -0.2) is 9.67 Å². The van der Waals surface area contributed by atoms with Crippen molar-refractivity contribution < 1.29 is 18.0 Å². The lowest BCUT2D eigenvalue weighted by Crippen LogP contribution is -2.26. The van der Waals surface area contributed by atoms with Crippen LogP contribution < -0.4 is 5.32 Å². The first-order valence-electron chi connectivity index (χ1n) is 8.26. The molecule has 0 aliphatic rings. The highest BCUT2D eigenvalue weighted by Crippen LogP contribution is 2.29. The number of nitrogens with one attached hydrogen (secondary N) is 1. The van der Waals surface area contributed by atoms with Crippen molar-refractivity contribution in [1.82, 2.24) is 20.1 Å². The number of carbonyl (C=O) groups is 1. The predicted octanol–water partition coefficient (Wildman–Crippen LogP) is 3.57. The van der Waals surface area contributed by atoms with Gasteiger partial charge in [0.05, 0.1) is 23.0 Å². The minimum Gasteiger partial charge on any atom is -0.352 e. The number of alkyl halides is 3. The number of nitrogens with zero attached hydrogens (tertiary/aromatic N) is 3. The van der Waals surface area contributed by atoms with Gasteiger partial charge in [-0.15, -0.1) is 0 Å². The maximum atomic E-state index is 12.6. The Kier molecular flexibility index (Phi) is 5.25. The molecule has 0 aliphatic heterocycles. The van der Waals surface area contributed by atoms with Crippen LogP contribution >= 0.6 is 0 Å². The van der Waals surface area contributed by atoms with E-state index < -0.39 is 11.7 Å². The molecule has 0 unspecified atom stereocenters. The fourth-order valence-electron chi connectivity index (χ4n) is 2.62. The zero-order valence-electron chi connectivity index (χ0n) is 14.5. The number of halogens is 3. The molecule has 5 nitrogen and oxygen atoms in total. The van der Waals surface area contributed by atoms with Gasteiger partial charge >= 0.3 is 6.18 Å². The van der Waals surface area contributed by atoms with Crippen molar-refractivity contribution in [3.8, 4) is 5.82 Å². The first kappa shape index (κ1) is 18.6. The molecule has 0 aliphatic carbocycles. The second kappa shape index (κ2) is 7.61. The van der Waals surface area contributed by atoms with Crippen molar-refractivity contribution in [2.24, 2.45) is 0 Å². The number of hydrogen-bond donors (Lipinski definition) is 1. The lowest BCUT2D eigenvalue weighted by molar-refractivity contribution is -0.137. The predicted molar refractivity (Wildman–Crippen MR) is 93.6 cm³/mol. The van der Waals surface area contributed by atoms with E-state index in [1.54, 1.807) is 29.9 Å². The molecule has 2 heterocycles. The number of carbonyl (C=O) groups excluding carboxylic acids is 1. The van der Waals surface area contributed by atoms with E-state index in [4.69, 9.17) is 0 Å². The molecule has 140 valence electrons. The van der Waals surface area contributed by atoms with Crippen molar-refractivity contribution in [3.05, 3.63) is 77.2 Å². The molecule has 3 aromatic rings. The summed E-state index contributed by atoms with van der Waals surface area (Å²) in [5, 5.41) is 6.96. The Morgan fingerprint density at radius 2 is 1.89 bits per heavy atom. The highest BCUT2D eigenvalue weighted by molar-refractivity contribution is 5.95. The molecule has 0 fully saturated rings. The van der Waals surface area contributed by atoms with E-state index in [0.29, 0.717) is 35.6 Å². The van der Waals surface area contributed by atoms with E-state index in [-0.39, 0.29) is 5.91 Å². The summed E-state index contributed by atoms with van der Waals surface area (Å²) in [5.41, 5.74) is 1.10. The third-order valence-electron chi connectivity index (χ3n) is 4.10. The molecule has 1 aromatic carbocycles. The molecule has 0 radical (unpaired) electrons. The summed E-state index contributed by atoms with van der Waals surface area (Å²) in [6.45, 7) is 2.07. The van der Waals surface area contributed by atoms with Crippen LogP contribution in [0.1, 0.15) is 27.2 Å². The maximum Gasteiger partial charge on any atom is 0.416 e. The van der Waals surface area contributed by atoms with Crippen LogP contribution in [-0.2, 0) is 12.6 Å². The monoisotopic (exact) mass is 374 g/mol.